The van der Waals surface area contributed by atoms with Gasteiger partial charge in [0.2, 0.25) is 0 Å². The number of hydrogen-bond acceptors (Lipinski definition) is 4. The maximum absolute atomic E-state index is 12.4. The number of amides is 1. The predicted octanol–water partition coefficient (Wildman–Crippen LogP) is 1.70. The summed E-state index contributed by atoms with van der Waals surface area (Å²) in [7, 11) is 0. The number of carbonyl (C=O) groups is 1. The van der Waals surface area contributed by atoms with Crippen molar-refractivity contribution in [2.45, 2.75) is 44.2 Å². The van der Waals surface area contributed by atoms with Crippen molar-refractivity contribution >= 4 is 27.5 Å². The lowest BCUT2D eigenvalue weighted by atomic mass is 10.0. The Bertz CT molecular complexity index is 693. The SMILES string of the molecule is O=C(C[NH+]1CCCC[C@@H]1c1nc2ccccc2s1)NC[C@@H]1CCCO1. The van der Waals surface area contributed by atoms with E-state index in [0.717, 1.165) is 37.9 Å². The number of quaternary nitrogens is 1. The zero-order chi connectivity index (χ0) is 17.1. The third kappa shape index (κ3) is 4.02. The molecule has 0 spiro atoms. The smallest absolute Gasteiger partial charge is 0.275 e. The molecule has 0 saturated carbocycles. The number of nitrogens with one attached hydrogen (secondary N) is 2. The van der Waals surface area contributed by atoms with Crippen LogP contribution in [0.2, 0.25) is 0 Å². The molecule has 4 rings (SSSR count). The number of aromatic nitrogens is 1. The van der Waals surface area contributed by atoms with Gasteiger partial charge in [0.05, 0.1) is 22.9 Å². The van der Waals surface area contributed by atoms with E-state index in [1.54, 1.807) is 11.3 Å². The van der Waals surface area contributed by atoms with Gasteiger partial charge in [-0.1, -0.05) is 12.1 Å². The van der Waals surface area contributed by atoms with E-state index >= 15 is 0 Å². The second kappa shape index (κ2) is 7.81. The van der Waals surface area contributed by atoms with E-state index in [2.05, 4.69) is 23.5 Å². The highest BCUT2D eigenvalue weighted by molar-refractivity contribution is 7.18. The molecule has 1 aromatic heterocycles. The number of nitrogens with zero attached hydrogens (tertiary/aromatic N) is 1. The first-order valence-corrected chi connectivity index (χ1v) is 10.2. The van der Waals surface area contributed by atoms with Gasteiger partial charge in [0.15, 0.2) is 11.6 Å². The topological polar surface area (TPSA) is 55.7 Å². The van der Waals surface area contributed by atoms with E-state index in [9.17, 15) is 4.79 Å². The van der Waals surface area contributed by atoms with Crippen LogP contribution in [0.1, 0.15) is 43.2 Å². The van der Waals surface area contributed by atoms with Crippen molar-refractivity contribution in [3.8, 4) is 0 Å². The molecule has 2 fully saturated rings. The Morgan fingerprint density at radius 1 is 1.28 bits per heavy atom. The number of carbonyl (C=O) groups excluding carboxylic acids is 1. The van der Waals surface area contributed by atoms with Gasteiger partial charge in [0.1, 0.15) is 6.04 Å². The molecule has 3 heterocycles. The Kier molecular flexibility index (Phi) is 5.29. The quantitative estimate of drug-likeness (QED) is 0.853. The summed E-state index contributed by atoms with van der Waals surface area (Å²) in [6, 6.07) is 8.66. The molecule has 2 saturated heterocycles. The van der Waals surface area contributed by atoms with Crippen LogP contribution in [0.4, 0.5) is 0 Å². The minimum absolute atomic E-state index is 0.138. The molecule has 1 unspecified atom stereocenters. The Morgan fingerprint density at radius 2 is 2.20 bits per heavy atom. The summed E-state index contributed by atoms with van der Waals surface area (Å²) in [4.78, 5) is 18.6. The van der Waals surface area contributed by atoms with Gasteiger partial charge in [-0.25, -0.2) is 4.98 Å². The second-order valence-electron chi connectivity index (χ2n) is 7.09. The number of ether oxygens (including phenoxy) is 1. The first-order chi connectivity index (χ1) is 12.3. The molecule has 2 aliphatic heterocycles. The molecular formula is C19H26N3O2S+. The summed E-state index contributed by atoms with van der Waals surface area (Å²) in [6.07, 6.45) is 5.91. The first-order valence-electron chi connectivity index (χ1n) is 9.38. The molecule has 0 radical (unpaired) electrons. The van der Waals surface area contributed by atoms with Gasteiger partial charge in [-0.3, -0.25) is 4.79 Å². The van der Waals surface area contributed by atoms with Crippen molar-refractivity contribution in [1.29, 1.82) is 0 Å². The van der Waals surface area contributed by atoms with Crippen LogP contribution in [0.25, 0.3) is 10.2 Å². The van der Waals surface area contributed by atoms with Gasteiger partial charge in [-0.2, -0.15) is 0 Å². The average molecular weight is 361 g/mol. The average Bonchev–Trinajstić information content (AvgIpc) is 3.30. The number of para-hydroxylation sites is 1. The molecule has 2 aromatic rings. The Balaban J connectivity index is 1.40. The lowest BCUT2D eigenvalue weighted by molar-refractivity contribution is -0.929. The fourth-order valence-corrected chi connectivity index (χ4v) is 5.09. The lowest BCUT2D eigenvalue weighted by Gasteiger charge is -2.30. The Labute approximate surface area is 152 Å². The standard InChI is InChI=1S/C19H25N3O2S/c23-18(20-12-14-6-5-11-24-14)13-22-10-4-3-8-16(22)19-21-15-7-1-2-9-17(15)25-19/h1-2,7,9,14,16H,3-6,8,10-13H2,(H,20,23)/p+1/t14-,16+/m0/s1. The van der Waals surface area contributed by atoms with Crippen LogP contribution in [0.3, 0.4) is 0 Å². The third-order valence-electron chi connectivity index (χ3n) is 5.28. The summed E-state index contributed by atoms with van der Waals surface area (Å²) in [6.45, 7) is 3.07. The largest absolute Gasteiger partial charge is 0.376 e. The summed E-state index contributed by atoms with van der Waals surface area (Å²) in [5, 5.41) is 4.25. The maximum atomic E-state index is 12.4. The minimum atomic E-state index is 0.138. The van der Waals surface area contributed by atoms with Crippen LogP contribution in [0.5, 0.6) is 0 Å². The predicted molar refractivity (Wildman–Crippen MR) is 98.9 cm³/mol. The molecule has 2 aliphatic rings. The van der Waals surface area contributed by atoms with E-state index in [4.69, 9.17) is 9.72 Å². The molecule has 0 aliphatic carbocycles. The molecule has 1 amide bonds. The maximum Gasteiger partial charge on any atom is 0.275 e. The molecule has 25 heavy (non-hydrogen) atoms. The number of rotatable bonds is 5. The van der Waals surface area contributed by atoms with Crippen molar-refractivity contribution in [3.05, 3.63) is 29.3 Å². The van der Waals surface area contributed by atoms with Crippen LogP contribution >= 0.6 is 11.3 Å². The first kappa shape index (κ1) is 16.9. The molecule has 3 atom stereocenters. The van der Waals surface area contributed by atoms with Gasteiger partial charge in [0.25, 0.3) is 5.91 Å². The lowest BCUT2D eigenvalue weighted by Crippen LogP contribution is -3.14. The molecule has 0 bridgehead atoms. The monoisotopic (exact) mass is 360 g/mol. The summed E-state index contributed by atoms with van der Waals surface area (Å²) >= 11 is 1.78. The number of fused-ring (bicyclic) bond motifs is 1. The molecule has 6 heteroatoms. The van der Waals surface area contributed by atoms with E-state index in [1.807, 2.05) is 6.07 Å². The van der Waals surface area contributed by atoms with Crippen molar-refractivity contribution in [2.24, 2.45) is 0 Å². The zero-order valence-electron chi connectivity index (χ0n) is 14.5. The fraction of sp³-hybridized carbons (Fsp3) is 0.579. The molecule has 2 N–H and O–H groups in total. The van der Waals surface area contributed by atoms with Gasteiger partial charge >= 0.3 is 0 Å². The number of hydrogen-bond donors (Lipinski definition) is 2. The van der Waals surface area contributed by atoms with Crippen LogP contribution in [0, 0.1) is 0 Å². The van der Waals surface area contributed by atoms with Crippen LogP contribution in [0.15, 0.2) is 24.3 Å². The zero-order valence-corrected chi connectivity index (χ0v) is 15.3. The highest BCUT2D eigenvalue weighted by Gasteiger charge is 2.32. The number of likely N-dealkylation sites (tertiary alicyclic amines) is 1. The number of piperidine rings is 1. The number of thiazole rings is 1. The van der Waals surface area contributed by atoms with Crippen LogP contribution < -0.4 is 10.2 Å². The number of benzene rings is 1. The van der Waals surface area contributed by atoms with E-state index in [-0.39, 0.29) is 12.0 Å². The summed E-state index contributed by atoms with van der Waals surface area (Å²) in [5.41, 5.74) is 1.08. The summed E-state index contributed by atoms with van der Waals surface area (Å²) in [5.74, 6) is 0.138. The van der Waals surface area contributed by atoms with Crippen molar-refractivity contribution in [2.75, 3.05) is 26.2 Å². The van der Waals surface area contributed by atoms with E-state index in [1.165, 1.54) is 27.4 Å². The molecule has 134 valence electrons. The van der Waals surface area contributed by atoms with E-state index in [0.29, 0.717) is 19.1 Å². The van der Waals surface area contributed by atoms with Gasteiger partial charge < -0.3 is 15.0 Å². The third-order valence-corrected chi connectivity index (χ3v) is 6.43. The fourth-order valence-electron chi connectivity index (χ4n) is 3.93. The molecule has 1 aromatic carbocycles. The Morgan fingerprint density at radius 3 is 3.04 bits per heavy atom. The van der Waals surface area contributed by atoms with Crippen LogP contribution in [-0.2, 0) is 9.53 Å². The van der Waals surface area contributed by atoms with Crippen molar-refractivity contribution < 1.29 is 14.4 Å². The highest BCUT2D eigenvalue weighted by atomic mass is 32.1. The Hall–Kier alpha value is -1.50. The normalized spacial score (nSPS) is 26.8. The van der Waals surface area contributed by atoms with Crippen molar-refractivity contribution in [3.63, 3.8) is 0 Å². The van der Waals surface area contributed by atoms with Gasteiger partial charge in [-0.05, 0) is 37.8 Å². The minimum Gasteiger partial charge on any atom is -0.376 e. The van der Waals surface area contributed by atoms with Gasteiger partial charge in [-0.15, -0.1) is 11.3 Å². The highest BCUT2D eigenvalue weighted by Crippen LogP contribution is 2.28. The molecular weight excluding hydrogens is 334 g/mol. The van der Waals surface area contributed by atoms with Crippen molar-refractivity contribution in [1.82, 2.24) is 10.3 Å². The second-order valence-corrected chi connectivity index (χ2v) is 8.15. The molecule has 5 nitrogen and oxygen atoms in total. The van der Waals surface area contributed by atoms with Gasteiger partial charge in [0, 0.05) is 19.6 Å². The van der Waals surface area contributed by atoms with Crippen LogP contribution in [-0.4, -0.2) is 43.2 Å². The van der Waals surface area contributed by atoms with E-state index < -0.39 is 0 Å². The summed E-state index contributed by atoms with van der Waals surface area (Å²) < 4.78 is 6.83.